The summed E-state index contributed by atoms with van der Waals surface area (Å²) in [5.74, 6) is 0.173. The minimum absolute atomic E-state index is 0.0613. The smallest absolute Gasteiger partial charge is 0.172 e. The molecule has 0 radical (unpaired) electrons. The highest BCUT2D eigenvalue weighted by Gasteiger charge is 2.35. The fourth-order valence-electron chi connectivity index (χ4n) is 2.10. The van der Waals surface area contributed by atoms with E-state index in [2.05, 4.69) is 25.3 Å². The Hall–Kier alpha value is -0.630. The lowest BCUT2D eigenvalue weighted by Crippen LogP contribution is -2.47. The van der Waals surface area contributed by atoms with Gasteiger partial charge in [0.05, 0.1) is 6.04 Å². The van der Waals surface area contributed by atoms with E-state index in [0.717, 1.165) is 19.4 Å². The van der Waals surface area contributed by atoms with Gasteiger partial charge in [-0.15, -0.1) is 0 Å². The summed E-state index contributed by atoms with van der Waals surface area (Å²) < 4.78 is 0. The van der Waals surface area contributed by atoms with E-state index < -0.39 is 0 Å². The first-order chi connectivity index (χ1) is 6.52. The van der Waals surface area contributed by atoms with Crippen LogP contribution in [0.3, 0.4) is 0 Å². The molecule has 80 valence electrons. The Bertz CT molecular complexity index is 236. The Morgan fingerprint density at radius 2 is 2.36 bits per heavy atom. The van der Waals surface area contributed by atoms with Crippen LogP contribution in [0.25, 0.3) is 0 Å². The van der Waals surface area contributed by atoms with Gasteiger partial charge in [0.25, 0.3) is 0 Å². The first kappa shape index (κ1) is 11.4. The predicted octanol–water partition coefficient (Wildman–Crippen LogP) is 2.25. The average Bonchev–Trinajstić information content (AvgIpc) is 2.21. The lowest BCUT2D eigenvalue weighted by molar-refractivity contribution is -0.122. The number of rotatable bonds is 3. The monoisotopic (exact) mass is 195 g/mol. The number of likely N-dealkylation sites (N-methyl/N-ethyl adjacent to an activating group) is 1. The third-order valence-corrected chi connectivity index (χ3v) is 3.67. The van der Waals surface area contributed by atoms with Gasteiger partial charge in [-0.1, -0.05) is 26.8 Å². The summed E-state index contributed by atoms with van der Waals surface area (Å²) in [4.78, 5) is 13.8. The van der Waals surface area contributed by atoms with E-state index in [0.29, 0.717) is 5.41 Å². The number of likely N-dealkylation sites (tertiary alicyclic amines) is 1. The summed E-state index contributed by atoms with van der Waals surface area (Å²) in [6.07, 6.45) is 4.79. The van der Waals surface area contributed by atoms with Gasteiger partial charge in [0.2, 0.25) is 0 Å². The lowest BCUT2D eigenvalue weighted by atomic mass is 9.74. The summed E-state index contributed by atoms with van der Waals surface area (Å²) >= 11 is 0. The number of ketones is 1. The van der Waals surface area contributed by atoms with Gasteiger partial charge in [0.1, 0.15) is 0 Å². The molecule has 2 nitrogen and oxygen atoms in total. The maximum Gasteiger partial charge on any atom is 0.172 e. The maximum absolute atomic E-state index is 11.6. The third kappa shape index (κ3) is 2.24. The molecular weight excluding hydrogens is 174 g/mol. The Labute approximate surface area is 87.0 Å². The SMILES string of the molecule is C=CC(=O)C1CC(C)(CC)CCN1C. The molecule has 0 N–H and O–H groups in total. The second-order valence-corrected chi connectivity index (χ2v) is 4.72. The molecule has 1 aliphatic rings. The Morgan fingerprint density at radius 3 is 2.86 bits per heavy atom. The summed E-state index contributed by atoms with van der Waals surface area (Å²) in [5, 5.41) is 0. The van der Waals surface area contributed by atoms with Crippen LogP contribution >= 0.6 is 0 Å². The molecular formula is C12H21NO. The van der Waals surface area contributed by atoms with Crippen molar-refractivity contribution in [1.29, 1.82) is 0 Å². The molecule has 0 bridgehead atoms. The molecule has 2 atom stereocenters. The van der Waals surface area contributed by atoms with E-state index in [1.165, 1.54) is 12.5 Å². The number of hydrogen-bond acceptors (Lipinski definition) is 2. The molecule has 0 aromatic carbocycles. The fraction of sp³-hybridized carbons (Fsp3) is 0.750. The first-order valence-electron chi connectivity index (χ1n) is 5.39. The van der Waals surface area contributed by atoms with E-state index in [4.69, 9.17) is 0 Å². The van der Waals surface area contributed by atoms with Crippen LogP contribution in [0.5, 0.6) is 0 Å². The van der Waals surface area contributed by atoms with Crippen molar-refractivity contribution in [3.8, 4) is 0 Å². The number of carbonyl (C=O) groups is 1. The lowest BCUT2D eigenvalue weighted by Gasteiger charge is -2.42. The molecule has 1 aliphatic heterocycles. The van der Waals surface area contributed by atoms with E-state index >= 15 is 0 Å². The molecule has 14 heavy (non-hydrogen) atoms. The second kappa shape index (κ2) is 4.26. The zero-order chi connectivity index (χ0) is 10.8. The van der Waals surface area contributed by atoms with Crippen LogP contribution in [0, 0.1) is 5.41 Å². The number of piperidine rings is 1. The van der Waals surface area contributed by atoms with Gasteiger partial charge in [-0.05, 0) is 37.9 Å². The Balaban J connectivity index is 2.73. The van der Waals surface area contributed by atoms with Crippen molar-refractivity contribution in [3.63, 3.8) is 0 Å². The van der Waals surface area contributed by atoms with Crippen LogP contribution in [0.15, 0.2) is 12.7 Å². The standard InChI is InChI=1S/C12H21NO/c1-5-11(14)10-9-12(3,6-2)7-8-13(10)4/h5,10H,1,6-9H2,2-4H3. The van der Waals surface area contributed by atoms with Gasteiger partial charge in [-0.3, -0.25) is 9.69 Å². The molecule has 1 fully saturated rings. The van der Waals surface area contributed by atoms with Gasteiger partial charge in [0, 0.05) is 0 Å². The van der Waals surface area contributed by atoms with Crippen LogP contribution in [0.4, 0.5) is 0 Å². The van der Waals surface area contributed by atoms with Crippen molar-refractivity contribution in [1.82, 2.24) is 4.90 Å². The molecule has 2 unspecified atom stereocenters. The molecule has 0 spiro atoms. The molecule has 0 saturated carbocycles. The molecule has 2 heteroatoms. The molecule has 1 heterocycles. The fourth-order valence-corrected chi connectivity index (χ4v) is 2.10. The highest BCUT2D eigenvalue weighted by Crippen LogP contribution is 2.36. The van der Waals surface area contributed by atoms with Crippen molar-refractivity contribution < 1.29 is 4.79 Å². The quantitative estimate of drug-likeness (QED) is 0.644. The molecule has 1 rings (SSSR count). The van der Waals surface area contributed by atoms with Crippen molar-refractivity contribution in [2.24, 2.45) is 5.41 Å². The van der Waals surface area contributed by atoms with Gasteiger partial charge in [0.15, 0.2) is 5.78 Å². The highest BCUT2D eigenvalue weighted by molar-refractivity contribution is 5.93. The summed E-state index contributed by atoms with van der Waals surface area (Å²) in [7, 11) is 2.03. The Morgan fingerprint density at radius 1 is 1.71 bits per heavy atom. The maximum atomic E-state index is 11.6. The van der Waals surface area contributed by atoms with Crippen molar-refractivity contribution in [3.05, 3.63) is 12.7 Å². The molecule has 0 amide bonds. The van der Waals surface area contributed by atoms with Crippen LogP contribution in [0.2, 0.25) is 0 Å². The van der Waals surface area contributed by atoms with Crippen LogP contribution in [-0.4, -0.2) is 30.3 Å². The normalized spacial score (nSPS) is 34.1. The second-order valence-electron chi connectivity index (χ2n) is 4.72. The zero-order valence-electron chi connectivity index (χ0n) is 9.55. The topological polar surface area (TPSA) is 20.3 Å². The van der Waals surface area contributed by atoms with Crippen molar-refractivity contribution >= 4 is 5.78 Å². The first-order valence-corrected chi connectivity index (χ1v) is 5.39. The van der Waals surface area contributed by atoms with E-state index in [1.54, 1.807) is 0 Å². The van der Waals surface area contributed by atoms with Gasteiger partial charge in [-0.25, -0.2) is 0 Å². The van der Waals surface area contributed by atoms with Crippen LogP contribution in [-0.2, 0) is 4.79 Å². The van der Waals surface area contributed by atoms with Crippen molar-refractivity contribution in [2.45, 2.75) is 39.2 Å². The van der Waals surface area contributed by atoms with Crippen LogP contribution < -0.4 is 0 Å². The molecule has 0 aliphatic carbocycles. The summed E-state index contributed by atoms with van der Waals surface area (Å²) in [5.41, 5.74) is 0.343. The minimum atomic E-state index is 0.0613. The largest absolute Gasteiger partial charge is 0.296 e. The highest BCUT2D eigenvalue weighted by atomic mass is 16.1. The van der Waals surface area contributed by atoms with E-state index in [1.807, 2.05) is 7.05 Å². The van der Waals surface area contributed by atoms with Crippen LogP contribution in [0.1, 0.15) is 33.1 Å². The van der Waals surface area contributed by atoms with E-state index in [9.17, 15) is 4.79 Å². The van der Waals surface area contributed by atoms with Gasteiger partial charge in [-0.2, -0.15) is 0 Å². The summed E-state index contributed by atoms with van der Waals surface area (Å²) in [6.45, 7) is 9.08. The van der Waals surface area contributed by atoms with Gasteiger partial charge >= 0.3 is 0 Å². The average molecular weight is 195 g/mol. The third-order valence-electron chi connectivity index (χ3n) is 3.67. The molecule has 0 aromatic heterocycles. The van der Waals surface area contributed by atoms with E-state index in [-0.39, 0.29) is 11.8 Å². The number of nitrogens with zero attached hydrogens (tertiary/aromatic N) is 1. The Kier molecular flexibility index (Phi) is 3.48. The number of hydrogen-bond donors (Lipinski definition) is 0. The van der Waals surface area contributed by atoms with Crippen molar-refractivity contribution in [2.75, 3.05) is 13.6 Å². The minimum Gasteiger partial charge on any atom is -0.296 e. The summed E-state index contributed by atoms with van der Waals surface area (Å²) in [6, 6.07) is 0.0613. The zero-order valence-corrected chi connectivity index (χ0v) is 9.55. The predicted molar refractivity (Wildman–Crippen MR) is 59.3 cm³/mol. The molecule has 0 aromatic rings. The van der Waals surface area contributed by atoms with Gasteiger partial charge < -0.3 is 0 Å². The number of carbonyl (C=O) groups excluding carboxylic acids is 1. The molecule has 1 saturated heterocycles.